The maximum atomic E-state index is 12.3. The Morgan fingerprint density at radius 1 is 1.04 bits per heavy atom. The molecule has 6 nitrogen and oxygen atoms in total. The lowest BCUT2D eigenvalue weighted by Gasteiger charge is -2.11. The van der Waals surface area contributed by atoms with Gasteiger partial charge in [-0.3, -0.25) is 14.4 Å². The van der Waals surface area contributed by atoms with Crippen LogP contribution in [0.5, 0.6) is 0 Å². The van der Waals surface area contributed by atoms with Crippen LogP contribution in [-0.2, 0) is 6.54 Å². The van der Waals surface area contributed by atoms with Crippen molar-refractivity contribution in [2.75, 3.05) is 14.1 Å². The van der Waals surface area contributed by atoms with Crippen LogP contribution in [0.25, 0.3) is 10.8 Å². The van der Waals surface area contributed by atoms with E-state index in [4.69, 9.17) is 0 Å². The van der Waals surface area contributed by atoms with E-state index in [0.29, 0.717) is 22.9 Å². The van der Waals surface area contributed by atoms with Crippen molar-refractivity contribution in [2.24, 2.45) is 0 Å². The topological polar surface area (TPSA) is 82.3 Å². The highest BCUT2D eigenvalue weighted by Crippen LogP contribution is 2.10. The maximum Gasteiger partial charge on any atom is 0.268 e. The molecule has 0 atom stereocenters. The number of carbonyl (C=O) groups excluding carboxylic acids is 2. The summed E-state index contributed by atoms with van der Waals surface area (Å²) in [4.78, 5) is 40.4. The second-order valence-electron chi connectivity index (χ2n) is 6.18. The summed E-state index contributed by atoms with van der Waals surface area (Å²) in [5, 5.41) is 4.04. The zero-order valence-electron chi connectivity index (χ0n) is 14.6. The zero-order chi connectivity index (χ0) is 18.7. The highest BCUT2D eigenvalue weighted by Gasteiger charge is 2.10. The molecule has 26 heavy (non-hydrogen) atoms. The number of carbonyl (C=O) groups is 2. The molecule has 0 fully saturated rings. The summed E-state index contributed by atoms with van der Waals surface area (Å²) in [5.41, 5.74) is 1.37. The Bertz CT molecular complexity index is 1020. The number of nitrogens with zero attached hydrogens (tertiary/aromatic N) is 1. The van der Waals surface area contributed by atoms with Crippen molar-refractivity contribution in [2.45, 2.75) is 6.54 Å². The fourth-order valence-electron chi connectivity index (χ4n) is 2.63. The molecule has 0 bridgehead atoms. The van der Waals surface area contributed by atoms with Crippen LogP contribution >= 0.6 is 0 Å². The Labute approximate surface area is 150 Å². The number of benzene rings is 2. The molecule has 0 saturated carbocycles. The van der Waals surface area contributed by atoms with Gasteiger partial charge in [-0.25, -0.2) is 0 Å². The third kappa shape index (κ3) is 3.64. The fourth-order valence-corrected chi connectivity index (χ4v) is 2.63. The lowest BCUT2D eigenvalue weighted by Crippen LogP contribution is -2.26. The summed E-state index contributed by atoms with van der Waals surface area (Å²) in [7, 11) is 3.39. The van der Waals surface area contributed by atoms with Crippen LogP contribution in [-0.4, -0.2) is 35.8 Å². The van der Waals surface area contributed by atoms with Crippen LogP contribution < -0.4 is 10.9 Å². The standard InChI is InChI=1S/C20H19N3O3/c1-23(2)20(26)14-9-7-13(8-10-14)12-21-19(25)17-11-15-5-3-4-6-16(15)18(24)22-17/h3-11H,12H2,1-2H3,(H,21,25)(H,22,24). The van der Waals surface area contributed by atoms with E-state index < -0.39 is 0 Å². The predicted octanol–water partition coefficient (Wildman–Crippen LogP) is 2.16. The number of aromatic amines is 1. The van der Waals surface area contributed by atoms with E-state index in [1.807, 2.05) is 6.07 Å². The number of rotatable bonds is 4. The lowest BCUT2D eigenvalue weighted by molar-refractivity contribution is 0.0827. The molecule has 3 rings (SSSR count). The third-order valence-corrected chi connectivity index (χ3v) is 4.06. The number of H-pyrrole nitrogens is 1. The monoisotopic (exact) mass is 349 g/mol. The number of pyridine rings is 1. The first kappa shape index (κ1) is 17.4. The van der Waals surface area contributed by atoms with Gasteiger partial charge in [-0.05, 0) is 35.2 Å². The third-order valence-electron chi connectivity index (χ3n) is 4.06. The van der Waals surface area contributed by atoms with E-state index >= 15 is 0 Å². The SMILES string of the molecule is CN(C)C(=O)c1ccc(CNC(=O)c2cc3ccccc3c(=O)[nH]2)cc1. The van der Waals surface area contributed by atoms with Crippen molar-refractivity contribution >= 4 is 22.6 Å². The lowest BCUT2D eigenvalue weighted by atomic mass is 10.1. The molecule has 132 valence electrons. The Hall–Kier alpha value is -3.41. The Morgan fingerprint density at radius 2 is 1.73 bits per heavy atom. The molecule has 3 aromatic rings. The van der Waals surface area contributed by atoms with E-state index in [1.165, 1.54) is 4.90 Å². The summed E-state index contributed by atoms with van der Waals surface area (Å²) in [6.45, 7) is 0.296. The van der Waals surface area contributed by atoms with Crippen molar-refractivity contribution in [1.29, 1.82) is 0 Å². The minimum atomic E-state index is -0.360. The van der Waals surface area contributed by atoms with Crippen LogP contribution in [0.2, 0.25) is 0 Å². The molecule has 1 aromatic heterocycles. The van der Waals surface area contributed by atoms with E-state index in [1.54, 1.807) is 62.6 Å². The Balaban J connectivity index is 1.71. The van der Waals surface area contributed by atoms with Crippen LogP contribution in [0.15, 0.2) is 59.4 Å². The summed E-state index contributed by atoms with van der Waals surface area (Å²) in [6, 6.07) is 15.8. The largest absolute Gasteiger partial charge is 0.347 e. The molecule has 6 heteroatoms. The fraction of sp³-hybridized carbons (Fsp3) is 0.150. The average molecular weight is 349 g/mol. The van der Waals surface area contributed by atoms with E-state index in [2.05, 4.69) is 10.3 Å². The Kier molecular flexibility index (Phi) is 4.84. The number of fused-ring (bicyclic) bond motifs is 1. The number of nitrogens with one attached hydrogen (secondary N) is 2. The molecule has 0 radical (unpaired) electrons. The summed E-state index contributed by atoms with van der Waals surface area (Å²) in [5.74, 6) is -0.435. The van der Waals surface area contributed by atoms with E-state index in [9.17, 15) is 14.4 Å². The van der Waals surface area contributed by atoms with Gasteiger partial charge in [-0.1, -0.05) is 30.3 Å². The molecule has 0 aliphatic carbocycles. The van der Waals surface area contributed by atoms with Gasteiger partial charge in [0, 0.05) is 31.6 Å². The molecule has 2 aromatic carbocycles. The zero-order valence-corrected chi connectivity index (χ0v) is 14.6. The summed E-state index contributed by atoms with van der Waals surface area (Å²) in [6.07, 6.45) is 0. The van der Waals surface area contributed by atoms with Gasteiger partial charge in [-0.15, -0.1) is 0 Å². The van der Waals surface area contributed by atoms with Crippen molar-refractivity contribution < 1.29 is 9.59 Å². The second-order valence-corrected chi connectivity index (χ2v) is 6.18. The Morgan fingerprint density at radius 3 is 2.42 bits per heavy atom. The molecule has 0 aliphatic rings. The number of hydrogen-bond acceptors (Lipinski definition) is 3. The first-order valence-electron chi connectivity index (χ1n) is 8.16. The average Bonchev–Trinajstić information content (AvgIpc) is 2.65. The summed E-state index contributed by atoms with van der Waals surface area (Å²) < 4.78 is 0. The van der Waals surface area contributed by atoms with Crippen LogP contribution in [0.3, 0.4) is 0 Å². The molecule has 2 amide bonds. The number of amides is 2. The van der Waals surface area contributed by atoms with Crippen LogP contribution in [0.4, 0.5) is 0 Å². The first-order valence-corrected chi connectivity index (χ1v) is 8.16. The quantitative estimate of drug-likeness (QED) is 0.757. The van der Waals surface area contributed by atoms with Crippen molar-refractivity contribution in [3.63, 3.8) is 0 Å². The van der Waals surface area contributed by atoms with Gasteiger partial charge in [0.25, 0.3) is 17.4 Å². The molecule has 0 spiro atoms. The van der Waals surface area contributed by atoms with Gasteiger partial charge in [0.2, 0.25) is 0 Å². The van der Waals surface area contributed by atoms with Crippen molar-refractivity contribution in [3.8, 4) is 0 Å². The van der Waals surface area contributed by atoms with Crippen molar-refractivity contribution in [1.82, 2.24) is 15.2 Å². The van der Waals surface area contributed by atoms with E-state index in [-0.39, 0.29) is 23.1 Å². The van der Waals surface area contributed by atoms with Gasteiger partial charge < -0.3 is 15.2 Å². The van der Waals surface area contributed by atoms with Gasteiger partial charge in [0.05, 0.1) is 0 Å². The molecule has 0 aliphatic heterocycles. The normalized spacial score (nSPS) is 10.5. The smallest absolute Gasteiger partial charge is 0.268 e. The maximum absolute atomic E-state index is 12.3. The number of hydrogen-bond donors (Lipinski definition) is 2. The number of aromatic nitrogens is 1. The van der Waals surface area contributed by atoms with Gasteiger partial charge >= 0.3 is 0 Å². The van der Waals surface area contributed by atoms with Gasteiger partial charge in [0.15, 0.2) is 0 Å². The minimum absolute atomic E-state index is 0.0747. The van der Waals surface area contributed by atoms with Gasteiger partial charge in [0.1, 0.15) is 5.69 Å². The first-order chi connectivity index (χ1) is 12.5. The molecule has 1 heterocycles. The highest BCUT2D eigenvalue weighted by atomic mass is 16.2. The molecular weight excluding hydrogens is 330 g/mol. The molecular formula is C20H19N3O3. The van der Waals surface area contributed by atoms with Crippen molar-refractivity contribution in [3.05, 3.63) is 81.8 Å². The molecule has 0 saturated heterocycles. The van der Waals surface area contributed by atoms with Crippen LogP contribution in [0, 0.1) is 0 Å². The predicted molar refractivity (Wildman–Crippen MR) is 100 cm³/mol. The second kappa shape index (κ2) is 7.23. The van der Waals surface area contributed by atoms with E-state index in [0.717, 1.165) is 5.56 Å². The van der Waals surface area contributed by atoms with Crippen LogP contribution in [0.1, 0.15) is 26.4 Å². The van der Waals surface area contributed by atoms with Gasteiger partial charge in [-0.2, -0.15) is 0 Å². The molecule has 0 unspecified atom stereocenters. The summed E-state index contributed by atoms with van der Waals surface area (Å²) >= 11 is 0. The minimum Gasteiger partial charge on any atom is -0.347 e. The molecule has 2 N–H and O–H groups in total. The highest BCUT2D eigenvalue weighted by molar-refractivity contribution is 5.96.